The summed E-state index contributed by atoms with van der Waals surface area (Å²) in [5.41, 5.74) is 4.53. The highest BCUT2D eigenvalue weighted by Gasteiger charge is 2.40. The maximum Gasteiger partial charge on any atom is 0.226 e. The minimum Gasteiger partial charge on any atom is -0.366 e. The summed E-state index contributed by atoms with van der Waals surface area (Å²) in [7, 11) is 3.84. The van der Waals surface area contributed by atoms with Gasteiger partial charge in [0.15, 0.2) is 0 Å². The lowest BCUT2D eigenvalue weighted by Gasteiger charge is -2.16. The number of amides is 1. The molecule has 7 heteroatoms. The lowest BCUT2D eigenvalue weighted by Crippen LogP contribution is -2.34. The van der Waals surface area contributed by atoms with Crippen LogP contribution >= 0.6 is 0 Å². The SMILES string of the molecule is CN(C)c1ncc(-c2ccccn2)c(-c2ccc(CNC(=O)[C@@H]3C[C@H]4C=C[C@H]3O4)cc2)n1. The van der Waals surface area contributed by atoms with E-state index in [0.717, 1.165) is 34.5 Å². The van der Waals surface area contributed by atoms with E-state index in [2.05, 4.69) is 15.3 Å². The standard InChI is InChI=1S/C25H25N5O2/c1-30(2)25-28-15-20(21-5-3-4-12-26-21)23(29-25)17-8-6-16(7-9-17)14-27-24(31)19-13-18-10-11-22(19)32-18/h3-12,15,18-19,22H,13-14H2,1-2H3,(H,27,31)/t18-,19-,22-/m1/s1. The Kier molecular flexibility index (Phi) is 5.41. The Morgan fingerprint density at radius 3 is 2.62 bits per heavy atom. The van der Waals surface area contributed by atoms with Crippen molar-refractivity contribution in [1.29, 1.82) is 0 Å². The van der Waals surface area contributed by atoms with E-state index in [4.69, 9.17) is 9.72 Å². The quantitative estimate of drug-likeness (QED) is 0.609. The van der Waals surface area contributed by atoms with Gasteiger partial charge in [-0.05, 0) is 24.1 Å². The molecule has 0 unspecified atom stereocenters. The van der Waals surface area contributed by atoms with Gasteiger partial charge in [0.1, 0.15) is 0 Å². The normalized spacial score (nSPS) is 21.0. The second kappa shape index (κ2) is 8.51. The average Bonchev–Trinajstić information content (AvgIpc) is 3.47. The highest BCUT2D eigenvalue weighted by molar-refractivity contribution is 5.81. The molecule has 0 saturated carbocycles. The van der Waals surface area contributed by atoms with Gasteiger partial charge in [-0.15, -0.1) is 0 Å². The van der Waals surface area contributed by atoms with Crippen LogP contribution < -0.4 is 10.2 Å². The van der Waals surface area contributed by atoms with Gasteiger partial charge in [0.05, 0.1) is 29.5 Å². The molecule has 4 heterocycles. The number of carbonyl (C=O) groups excluding carboxylic acids is 1. The molecule has 32 heavy (non-hydrogen) atoms. The molecule has 3 atom stereocenters. The highest BCUT2D eigenvalue weighted by atomic mass is 16.5. The summed E-state index contributed by atoms with van der Waals surface area (Å²) >= 11 is 0. The molecular weight excluding hydrogens is 402 g/mol. The first-order valence-electron chi connectivity index (χ1n) is 10.7. The van der Waals surface area contributed by atoms with Crippen molar-refractivity contribution >= 4 is 11.9 Å². The van der Waals surface area contributed by atoms with Crippen molar-refractivity contribution in [3.8, 4) is 22.5 Å². The molecule has 7 nitrogen and oxygen atoms in total. The van der Waals surface area contributed by atoms with Crippen molar-refractivity contribution in [2.75, 3.05) is 19.0 Å². The monoisotopic (exact) mass is 427 g/mol. The molecule has 3 aromatic rings. The van der Waals surface area contributed by atoms with Gasteiger partial charge >= 0.3 is 0 Å². The molecule has 1 aromatic carbocycles. The maximum atomic E-state index is 12.5. The first kappa shape index (κ1) is 20.3. The molecule has 2 aliphatic rings. The fraction of sp³-hybridized carbons (Fsp3) is 0.280. The summed E-state index contributed by atoms with van der Waals surface area (Å²) in [4.78, 5) is 28.2. The minimum atomic E-state index is -0.0873. The number of carbonyl (C=O) groups is 1. The predicted molar refractivity (Wildman–Crippen MR) is 123 cm³/mol. The number of anilines is 1. The second-order valence-corrected chi connectivity index (χ2v) is 8.32. The zero-order valence-electron chi connectivity index (χ0n) is 18.1. The van der Waals surface area contributed by atoms with E-state index in [1.807, 2.05) is 79.8 Å². The Morgan fingerprint density at radius 2 is 1.97 bits per heavy atom. The lowest BCUT2D eigenvalue weighted by atomic mass is 9.93. The van der Waals surface area contributed by atoms with Crippen LogP contribution in [0.5, 0.6) is 0 Å². The number of aromatic nitrogens is 3. The molecule has 2 bridgehead atoms. The lowest BCUT2D eigenvalue weighted by molar-refractivity contribution is -0.126. The van der Waals surface area contributed by atoms with Gasteiger partial charge < -0.3 is 15.0 Å². The molecule has 0 spiro atoms. The van der Waals surface area contributed by atoms with Crippen LogP contribution in [0.4, 0.5) is 5.95 Å². The maximum absolute atomic E-state index is 12.5. The average molecular weight is 428 g/mol. The summed E-state index contributed by atoms with van der Waals surface area (Å²) < 4.78 is 5.70. The van der Waals surface area contributed by atoms with Gasteiger partial charge in [-0.1, -0.05) is 42.5 Å². The molecule has 5 rings (SSSR count). The highest BCUT2D eigenvalue weighted by Crippen LogP contribution is 2.34. The summed E-state index contributed by atoms with van der Waals surface area (Å²) in [6.45, 7) is 0.483. The predicted octanol–water partition coefficient (Wildman–Crippen LogP) is 3.23. The molecule has 1 N–H and O–H groups in total. The topological polar surface area (TPSA) is 80.2 Å². The summed E-state index contributed by atoms with van der Waals surface area (Å²) in [5, 5.41) is 3.05. The number of fused-ring (bicyclic) bond motifs is 2. The van der Waals surface area contributed by atoms with Gasteiger partial charge in [0.25, 0.3) is 0 Å². The van der Waals surface area contributed by atoms with Crippen molar-refractivity contribution in [3.63, 3.8) is 0 Å². The van der Waals surface area contributed by atoms with E-state index in [1.54, 1.807) is 6.20 Å². The zero-order chi connectivity index (χ0) is 22.1. The van der Waals surface area contributed by atoms with E-state index >= 15 is 0 Å². The minimum absolute atomic E-state index is 0.0507. The van der Waals surface area contributed by atoms with E-state index in [-0.39, 0.29) is 24.0 Å². The first-order valence-corrected chi connectivity index (χ1v) is 10.7. The molecule has 2 aliphatic heterocycles. The van der Waals surface area contributed by atoms with Crippen LogP contribution in [-0.2, 0) is 16.1 Å². The van der Waals surface area contributed by atoms with E-state index < -0.39 is 0 Å². The Morgan fingerprint density at radius 1 is 1.12 bits per heavy atom. The number of hydrogen-bond donors (Lipinski definition) is 1. The number of ether oxygens (including phenoxy) is 1. The van der Waals surface area contributed by atoms with Crippen LogP contribution in [-0.4, -0.2) is 47.2 Å². The number of hydrogen-bond acceptors (Lipinski definition) is 6. The van der Waals surface area contributed by atoms with Crippen LogP contribution in [0.1, 0.15) is 12.0 Å². The first-order chi connectivity index (χ1) is 15.6. The molecular formula is C25H25N5O2. The third-order valence-electron chi connectivity index (χ3n) is 5.88. The van der Waals surface area contributed by atoms with Crippen molar-refractivity contribution in [1.82, 2.24) is 20.3 Å². The molecule has 162 valence electrons. The number of rotatable bonds is 6. The zero-order valence-corrected chi connectivity index (χ0v) is 18.1. The van der Waals surface area contributed by atoms with Gasteiger partial charge in [-0.25, -0.2) is 9.97 Å². The van der Waals surface area contributed by atoms with Crippen molar-refractivity contribution in [3.05, 3.63) is 72.6 Å². The van der Waals surface area contributed by atoms with E-state index in [1.165, 1.54) is 0 Å². The van der Waals surface area contributed by atoms with Gasteiger partial charge in [0, 0.05) is 44.2 Å². The Balaban J connectivity index is 1.34. The van der Waals surface area contributed by atoms with Gasteiger partial charge in [-0.3, -0.25) is 9.78 Å². The molecule has 1 fully saturated rings. The largest absolute Gasteiger partial charge is 0.366 e. The summed E-state index contributed by atoms with van der Waals surface area (Å²) in [6, 6.07) is 13.9. The molecule has 1 saturated heterocycles. The van der Waals surface area contributed by atoms with Gasteiger partial charge in [0.2, 0.25) is 11.9 Å². The van der Waals surface area contributed by atoms with E-state index in [0.29, 0.717) is 12.5 Å². The van der Waals surface area contributed by atoms with E-state index in [9.17, 15) is 4.79 Å². The Hall–Kier alpha value is -3.58. The number of benzene rings is 1. The molecule has 0 aliphatic carbocycles. The second-order valence-electron chi connectivity index (χ2n) is 8.32. The van der Waals surface area contributed by atoms with Crippen molar-refractivity contribution in [2.45, 2.75) is 25.2 Å². The van der Waals surface area contributed by atoms with Crippen LogP contribution in [0.3, 0.4) is 0 Å². The number of pyridine rings is 1. The van der Waals surface area contributed by atoms with Crippen LogP contribution in [0.15, 0.2) is 67.0 Å². The van der Waals surface area contributed by atoms with Gasteiger partial charge in [-0.2, -0.15) is 0 Å². The Bertz CT molecular complexity index is 1140. The molecule has 1 amide bonds. The third-order valence-corrected chi connectivity index (χ3v) is 5.88. The molecule has 2 aromatic heterocycles. The van der Waals surface area contributed by atoms with Crippen molar-refractivity contribution < 1.29 is 9.53 Å². The third kappa shape index (κ3) is 3.99. The fourth-order valence-electron chi connectivity index (χ4n) is 4.15. The van der Waals surface area contributed by atoms with Crippen LogP contribution in [0.25, 0.3) is 22.5 Å². The number of nitrogens with zero attached hydrogens (tertiary/aromatic N) is 4. The molecule has 0 radical (unpaired) electrons. The fourth-order valence-corrected chi connectivity index (χ4v) is 4.15. The number of nitrogens with one attached hydrogen (secondary N) is 1. The summed E-state index contributed by atoms with van der Waals surface area (Å²) in [6.07, 6.45) is 8.42. The Labute approximate surface area is 187 Å². The van der Waals surface area contributed by atoms with Crippen LogP contribution in [0, 0.1) is 5.92 Å². The smallest absolute Gasteiger partial charge is 0.226 e. The van der Waals surface area contributed by atoms with Crippen molar-refractivity contribution in [2.24, 2.45) is 5.92 Å². The summed E-state index contributed by atoms with van der Waals surface area (Å²) in [5.74, 6) is 0.601. The van der Waals surface area contributed by atoms with Crippen LogP contribution in [0.2, 0.25) is 0 Å².